The molecule has 0 bridgehead atoms. The Labute approximate surface area is 84.7 Å². The van der Waals surface area contributed by atoms with Crippen LogP contribution in [0.5, 0.6) is 0 Å². The van der Waals surface area contributed by atoms with Crippen LogP contribution in [-0.4, -0.2) is 12.0 Å². The van der Waals surface area contributed by atoms with Gasteiger partial charge in [-0.2, -0.15) is 0 Å². The van der Waals surface area contributed by atoms with Crippen molar-refractivity contribution in [2.24, 2.45) is 0 Å². The van der Waals surface area contributed by atoms with Crippen molar-refractivity contribution in [2.45, 2.75) is 37.6 Å². The normalized spacial score (nSPS) is 25.1. The van der Waals surface area contributed by atoms with Crippen molar-refractivity contribution < 1.29 is 0 Å². The van der Waals surface area contributed by atoms with Crippen molar-refractivity contribution in [3.05, 3.63) is 29.1 Å². The summed E-state index contributed by atoms with van der Waals surface area (Å²) in [7, 11) is 2.04. The van der Waals surface area contributed by atoms with Gasteiger partial charge < -0.3 is 5.32 Å². The average Bonchev–Trinajstić information content (AvgIpc) is 2.98. The first-order valence-corrected chi connectivity index (χ1v) is 5.55. The van der Waals surface area contributed by atoms with Crippen molar-refractivity contribution in [2.75, 3.05) is 7.05 Å². The van der Waals surface area contributed by atoms with Crippen molar-refractivity contribution in [1.29, 1.82) is 0 Å². The summed E-state index contributed by atoms with van der Waals surface area (Å²) in [6.45, 7) is 0. The third-order valence-corrected chi connectivity index (χ3v) is 3.42. The summed E-state index contributed by atoms with van der Waals surface area (Å²) in [5.41, 5.74) is 4.10. The molecular weight excluding hydrogens is 172 g/mol. The molecule has 2 heteroatoms. The van der Waals surface area contributed by atoms with Gasteiger partial charge in [-0.05, 0) is 44.4 Å². The van der Waals surface area contributed by atoms with E-state index >= 15 is 0 Å². The van der Waals surface area contributed by atoms with Crippen LogP contribution in [0.25, 0.3) is 0 Å². The van der Waals surface area contributed by atoms with Gasteiger partial charge >= 0.3 is 0 Å². The second-order valence-electron chi connectivity index (χ2n) is 4.43. The van der Waals surface area contributed by atoms with Gasteiger partial charge in [-0.15, -0.1) is 0 Å². The Bertz CT molecular complexity index is 355. The average molecular weight is 188 g/mol. The Balaban J connectivity index is 1.96. The number of hydrogen-bond acceptors (Lipinski definition) is 2. The zero-order valence-corrected chi connectivity index (χ0v) is 8.59. The van der Waals surface area contributed by atoms with Crippen molar-refractivity contribution in [3.63, 3.8) is 0 Å². The summed E-state index contributed by atoms with van der Waals surface area (Å²) in [5.74, 6) is 0.786. The molecule has 0 amide bonds. The van der Waals surface area contributed by atoms with E-state index < -0.39 is 0 Å². The molecule has 2 aliphatic rings. The Kier molecular flexibility index (Phi) is 1.84. The Morgan fingerprint density at radius 2 is 2.14 bits per heavy atom. The van der Waals surface area contributed by atoms with Gasteiger partial charge in [0, 0.05) is 23.3 Å². The Morgan fingerprint density at radius 3 is 2.86 bits per heavy atom. The molecule has 1 unspecified atom stereocenters. The fraction of sp³-hybridized carbons (Fsp3) is 0.583. The third-order valence-electron chi connectivity index (χ3n) is 3.42. The van der Waals surface area contributed by atoms with E-state index in [-0.39, 0.29) is 0 Å². The van der Waals surface area contributed by atoms with Gasteiger partial charge in [0.25, 0.3) is 0 Å². The Morgan fingerprint density at radius 1 is 1.29 bits per heavy atom. The maximum atomic E-state index is 4.77. The van der Waals surface area contributed by atoms with Crippen LogP contribution in [-0.2, 0) is 6.42 Å². The van der Waals surface area contributed by atoms with E-state index in [1.54, 1.807) is 0 Å². The zero-order valence-electron chi connectivity index (χ0n) is 8.59. The highest BCUT2D eigenvalue weighted by atomic mass is 14.9. The first-order valence-electron chi connectivity index (χ1n) is 5.55. The smallest absolute Gasteiger partial charge is 0.0455 e. The molecule has 0 radical (unpaired) electrons. The van der Waals surface area contributed by atoms with Crippen molar-refractivity contribution >= 4 is 0 Å². The minimum atomic E-state index is 0.547. The van der Waals surface area contributed by atoms with E-state index in [1.165, 1.54) is 36.2 Å². The molecule has 0 saturated heterocycles. The van der Waals surface area contributed by atoms with Crippen LogP contribution in [0.15, 0.2) is 12.1 Å². The molecule has 1 aromatic heterocycles. The van der Waals surface area contributed by atoms with Crippen LogP contribution in [0.4, 0.5) is 0 Å². The number of rotatable bonds is 2. The SMILES string of the molecule is CNC1CCc2nc(C3CC3)ccc21. The number of hydrogen-bond donors (Lipinski definition) is 1. The molecule has 1 saturated carbocycles. The minimum Gasteiger partial charge on any atom is -0.313 e. The molecule has 2 nitrogen and oxygen atoms in total. The van der Waals surface area contributed by atoms with Crippen LogP contribution in [0.3, 0.4) is 0 Å². The number of fused-ring (bicyclic) bond motifs is 1. The highest BCUT2D eigenvalue weighted by Gasteiger charge is 2.28. The van der Waals surface area contributed by atoms with Gasteiger partial charge in [-0.3, -0.25) is 4.98 Å². The molecule has 3 rings (SSSR count). The van der Waals surface area contributed by atoms with E-state index in [9.17, 15) is 0 Å². The molecule has 0 aromatic carbocycles. The summed E-state index contributed by atoms with van der Waals surface area (Å²) in [5, 5.41) is 3.34. The van der Waals surface area contributed by atoms with Crippen LogP contribution >= 0.6 is 0 Å². The second kappa shape index (κ2) is 3.06. The van der Waals surface area contributed by atoms with Crippen LogP contribution in [0.2, 0.25) is 0 Å². The van der Waals surface area contributed by atoms with E-state index in [0.717, 1.165) is 12.3 Å². The lowest BCUT2D eigenvalue weighted by atomic mass is 10.1. The number of pyridine rings is 1. The highest BCUT2D eigenvalue weighted by molar-refractivity contribution is 5.32. The molecule has 1 atom stereocenters. The maximum absolute atomic E-state index is 4.77. The standard InChI is InChI=1S/C12H16N2/c1-13-11-6-7-12-9(11)4-5-10(14-12)8-2-3-8/h4-5,8,11,13H,2-3,6-7H2,1H3. The molecule has 1 heterocycles. The fourth-order valence-electron chi connectivity index (χ4n) is 2.39. The molecule has 1 N–H and O–H groups in total. The lowest BCUT2D eigenvalue weighted by Gasteiger charge is -2.09. The van der Waals surface area contributed by atoms with Gasteiger partial charge in [0.05, 0.1) is 0 Å². The minimum absolute atomic E-state index is 0.547. The molecule has 74 valence electrons. The number of nitrogens with zero attached hydrogens (tertiary/aromatic N) is 1. The summed E-state index contributed by atoms with van der Waals surface area (Å²) < 4.78 is 0. The fourth-order valence-corrected chi connectivity index (χ4v) is 2.39. The molecule has 2 aliphatic carbocycles. The van der Waals surface area contributed by atoms with Crippen LogP contribution in [0.1, 0.15) is 48.2 Å². The van der Waals surface area contributed by atoms with Crippen LogP contribution < -0.4 is 5.32 Å². The van der Waals surface area contributed by atoms with Crippen molar-refractivity contribution in [1.82, 2.24) is 10.3 Å². The lowest BCUT2D eigenvalue weighted by molar-refractivity contribution is 0.590. The zero-order chi connectivity index (χ0) is 9.54. The summed E-state index contributed by atoms with van der Waals surface area (Å²) in [6, 6.07) is 5.06. The Hall–Kier alpha value is -0.890. The lowest BCUT2D eigenvalue weighted by Crippen LogP contribution is -2.12. The second-order valence-corrected chi connectivity index (χ2v) is 4.43. The first-order chi connectivity index (χ1) is 6.88. The molecule has 1 fully saturated rings. The first kappa shape index (κ1) is 8.42. The monoisotopic (exact) mass is 188 g/mol. The number of aromatic nitrogens is 1. The topological polar surface area (TPSA) is 24.9 Å². The number of nitrogens with one attached hydrogen (secondary N) is 1. The molecular formula is C12H16N2. The predicted molar refractivity (Wildman–Crippen MR) is 56.3 cm³/mol. The largest absolute Gasteiger partial charge is 0.313 e. The van der Waals surface area contributed by atoms with Crippen LogP contribution in [0, 0.1) is 0 Å². The van der Waals surface area contributed by atoms with E-state index in [4.69, 9.17) is 4.98 Å². The summed E-state index contributed by atoms with van der Waals surface area (Å²) >= 11 is 0. The molecule has 0 spiro atoms. The van der Waals surface area contributed by atoms with E-state index in [0.29, 0.717) is 6.04 Å². The molecule has 1 aromatic rings. The highest BCUT2D eigenvalue weighted by Crippen LogP contribution is 2.40. The summed E-state index contributed by atoms with van der Waals surface area (Å²) in [6.07, 6.45) is 5.07. The van der Waals surface area contributed by atoms with Gasteiger partial charge in [-0.25, -0.2) is 0 Å². The van der Waals surface area contributed by atoms with Gasteiger partial charge in [-0.1, -0.05) is 6.07 Å². The van der Waals surface area contributed by atoms with Gasteiger partial charge in [0.15, 0.2) is 0 Å². The molecule has 14 heavy (non-hydrogen) atoms. The number of aryl methyl sites for hydroxylation is 1. The van der Waals surface area contributed by atoms with Gasteiger partial charge in [0.1, 0.15) is 0 Å². The predicted octanol–water partition coefficient (Wildman–Crippen LogP) is 2.17. The van der Waals surface area contributed by atoms with Gasteiger partial charge in [0.2, 0.25) is 0 Å². The van der Waals surface area contributed by atoms with E-state index in [2.05, 4.69) is 17.4 Å². The maximum Gasteiger partial charge on any atom is 0.0455 e. The summed E-state index contributed by atoms with van der Waals surface area (Å²) in [4.78, 5) is 4.77. The van der Waals surface area contributed by atoms with Crippen molar-refractivity contribution in [3.8, 4) is 0 Å². The molecule has 0 aliphatic heterocycles. The van der Waals surface area contributed by atoms with E-state index in [1.807, 2.05) is 7.05 Å². The quantitative estimate of drug-likeness (QED) is 0.769. The third kappa shape index (κ3) is 1.25.